The molecule has 0 amide bonds. The lowest BCUT2D eigenvalue weighted by Gasteiger charge is -2.40. The van der Waals surface area contributed by atoms with Crippen molar-refractivity contribution in [2.75, 3.05) is 0 Å². The number of hydrogen-bond acceptors (Lipinski definition) is 5. The average Bonchev–Trinajstić information content (AvgIpc) is 3.60. The Hall–Kier alpha value is -7.94. The van der Waals surface area contributed by atoms with Crippen LogP contribution in [0.4, 0.5) is 0 Å². The van der Waals surface area contributed by atoms with Crippen LogP contribution in [0.15, 0.2) is 194 Å². The highest BCUT2D eigenvalue weighted by Gasteiger charge is 2.52. The van der Waals surface area contributed by atoms with E-state index >= 15 is 0 Å². The molecule has 0 bridgehead atoms. The summed E-state index contributed by atoms with van der Waals surface area (Å²) in [7, 11) is 0. The maximum absolute atomic E-state index is 9.54. The van der Waals surface area contributed by atoms with Gasteiger partial charge in [-0.25, -0.2) is 15.0 Å². The first-order chi connectivity index (χ1) is 28.7. The SMILES string of the molecule is N#Cc1ccc(-c2cccc3c2-c2ccccc2C32c3ccccc3Oc3c(-c4ccc(-c5nc(-c6ccccc6)nc(-c6ccccc6)n5)cc4)cccc32)cc1. The summed E-state index contributed by atoms with van der Waals surface area (Å²) in [6, 6.07) is 69.1. The predicted molar refractivity (Wildman–Crippen MR) is 229 cm³/mol. The third kappa shape index (κ3) is 5.13. The van der Waals surface area contributed by atoms with Crippen molar-refractivity contribution in [1.82, 2.24) is 15.0 Å². The Morgan fingerprint density at radius 2 is 0.845 bits per heavy atom. The van der Waals surface area contributed by atoms with Crippen molar-refractivity contribution in [3.63, 3.8) is 0 Å². The molecule has 58 heavy (non-hydrogen) atoms. The number of nitriles is 1. The smallest absolute Gasteiger partial charge is 0.164 e. The van der Waals surface area contributed by atoms with Gasteiger partial charge >= 0.3 is 0 Å². The summed E-state index contributed by atoms with van der Waals surface area (Å²) < 4.78 is 7.00. The van der Waals surface area contributed by atoms with E-state index in [4.69, 9.17) is 19.7 Å². The molecule has 8 aromatic carbocycles. The van der Waals surface area contributed by atoms with Crippen molar-refractivity contribution in [1.29, 1.82) is 5.26 Å². The van der Waals surface area contributed by atoms with Crippen LogP contribution in [0.3, 0.4) is 0 Å². The summed E-state index contributed by atoms with van der Waals surface area (Å²) in [6.07, 6.45) is 0. The molecule has 1 atom stereocenters. The molecule has 1 unspecified atom stereocenters. The third-order valence-corrected chi connectivity index (χ3v) is 11.5. The van der Waals surface area contributed by atoms with E-state index in [1.807, 2.05) is 78.9 Å². The van der Waals surface area contributed by atoms with Crippen molar-refractivity contribution < 1.29 is 4.74 Å². The molecule has 11 rings (SSSR count). The molecular weight excluding hydrogens is 709 g/mol. The number of ether oxygens (including phenoxy) is 1. The van der Waals surface area contributed by atoms with E-state index in [0.717, 1.165) is 61.6 Å². The standard InChI is InChI=1S/C53H32N4O/c54-33-34-25-27-35(28-26-34)40-18-11-22-45-48(40)42-17-7-8-20-43(42)53(45)44-21-9-10-24-47(44)58-49-41(19-12-23-46(49)53)36-29-31-39(32-30-36)52-56-50(37-13-3-1-4-14-37)55-51(57-52)38-15-5-2-6-16-38/h1-32H. The van der Waals surface area contributed by atoms with Gasteiger partial charge in [0, 0.05) is 33.4 Å². The van der Waals surface area contributed by atoms with Crippen LogP contribution < -0.4 is 4.74 Å². The Balaban J connectivity index is 1.08. The zero-order valence-electron chi connectivity index (χ0n) is 31.2. The number of fused-ring (bicyclic) bond motifs is 9. The maximum Gasteiger partial charge on any atom is 0.164 e. The molecule has 0 saturated carbocycles. The highest BCUT2D eigenvalue weighted by atomic mass is 16.5. The van der Waals surface area contributed by atoms with Crippen LogP contribution in [0.1, 0.15) is 27.8 Å². The molecule has 0 saturated heterocycles. The van der Waals surface area contributed by atoms with Crippen molar-refractivity contribution in [3.05, 3.63) is 222 Å². The summed E-state index contributed by atoms with van der Waals surface area (Å²) in [4.78, 5) is 14.8. The topological polar surface area (TPSA) is 71.7 Å². The zero-order chi connectivity index (χ0) is 38.6. The van der Waals surface area contributed by atoms with Crippen LogP contribution in [0.2, 0.25) is 0 Å². The highest BCUT2D eigenvalue weighted by molar-refractivity contribution is 5.97. The minimum Gasteiger partial charge on any atom is -0.456 e. The fraction of sp³-hybridized carbons (Fsp3) is 0.0189. The van der Waals surface area contributed by atoms with Crippen LogP contribution in [0.25, 0.3) is 67.5 Å². The van der Waals surface area contributed by atoms with E-state index in [9.17, 15) is 5.26 Å². The van der Waals surface area contributed by atoms with Gasteiger partial charge < -0.3 is 4.74 Å². The van der Waals surface area contributed by atoms with Gasteiger partial charge in [-0.3, -0.25) is 0 Å². The van der Waals surface area contributed by atoms with Gasteiger partial charge in [-0.15, -0.1) is 0 Å². The molecule has 2 aliphatic rings. The molecule has 5 nitrogen and oxygen atoms in total. The molecule has 0 radical (unpaired) electrons. The van der Waals surface area contributed by atoms with E-state index in [0.29, 0.717) is 23.0 Å². The first-order valence-electron chi connectivity index (χ1n) is 19.3. The second kappa shape index (κ2) is 13.4. The summed E-state index contributed by atoms with van der Waals surface area (Å²) in [6.45, 7) is 0. The van der Waals surface area contributed by atoms with E-state index < -0.39 is 5.41 Å². The molecule has 2 heterocycles. The minimum absolute atomic E-state index is 0.607. The molecule has 0 N–H and O–H groups in total. The summed E-state index contributed by atoms with van der Waals surface area (Å²) >= 11 is 0. The number of hydrogen-bond donors (Lipinski definition) is 0. The molecule has 0 fully saturated rings. The number of aromatic nitrogens is 3. The number of benzene rings is 8. The summed E-state index contributed by atoms with van der Waals surface area (Å²) in [5.74, 6) is 3.52. The quantitative estimate of drug-likeness (QED) is 0.176. The second-order valence-corrected chi connectivity index (χ2v) is 14.6. The van der Waals surface area contributed by atoms with Gasteiger partial charge in [0.25, 0.3) is 0 Å². The first kappa shape index (κ1) is 33.4. The summed E-state index contributed by atoms with van der Waals surface area (Å²) in [5, 5.41) is 9.54. The Bertz CT molecular complexity index is 3020. The average molecular weight is 741 g/mol. The molecule has 9 aromatic rings. The molecule has 1 spiro atoms. The van der Waals surface area contributed by atoms with Crippen molar-refractivity contribution >= 4 is 0 Å². The largest absolute Gasteiger partial charge is 0.456 e. The zero-order valence-corrected chi connectivity index (χ0v) is 31.2. The van der Waals surface area contributed by atoms with E-state index in [-0.39, 0.29) is 0 Å². The maximum atomic E-state index is 9.54. The van der Waals surface area contributed by atoms with Crippen LogP contribution in [-0.2, 0) is 5.41 Å². The van der Waals surface area contributed by atoms with Gasteiger partial charge in [-0.1, -0.05) is 176 Å². The van der Waals surface area contributed by atoms with Crippen LogP contribution >= 0.6 is 0 Å². The first-order valence-corrected chi connectivity index (χ1v) is 19.3. The van der Waals surface area contributed by atoms with Gasteiger partial charge in [0.1, 0.15) is 11.5 Å². The summed E-state index contributed by atoms with van der Waals surface area (Å²) in [5.41, 5.74) is 14.0. The van der Waals surface area contributed by atoms with Gasteiger partial charge in [0.05, 0.1) is 17.0 Å². The normalized spacial score (nSPS) is 14.4. The lowest BCUT2D eigenvalue weighted by Crippen LogP contribution is -2.32. The Morgan fingerprint density at radius 3 is 1.50 bits per heavy atom. The molecule has 270 valence electrons. The number of nitrogens with zero attached hydrogens (tertiary/aromatic N) is 4. The number of rotatable bonds is 5. The van der Waals surface area contributed by atoms with E-state index in [2.05, 4.69) is 121 Å². The predicted octanol–water partition coefficient (Wildman–Crippen LogP) is 12.5. The lowest BCUT2D eigenvalue weighted by atomic mass is 9.65. The van der Waals surface area contributed by atoms with Gasteiger partial charge in [0.2, 0.25) is 0 Å². The van der Waals surface area contributed by atoms with Gasteiger partial charge in [0.15, 0.2) is 17.5 Å². The van der Waals surface area contributed by atoms with Gasteiger partial charge in [-0.05, 0) is 57.1 Å². The third-order valence-electron chi connectivity index (χ3n) is 11.5. The van der Waals surface area contributed by atoms with Crippen LogP contribution in [0.5, 0.6) is 11.5 Å². The molecular formula is C53H32N4O. The van der Waals surface area contributed by atoms with E-state index in [1.165, 1.54) is 22.3 Å². The molecule has 1 aliphatic heterocycles. The lowest BCUT2D eigenvalue weighted by molar-refractivity contribution is 0.438. The van der Waals surface area contributed by atoms with E-state index in [1.54, 1.807) is 0 Å². The minimum atomic E-state index is -0.638. The highest BCUT2D eigenvalue weighted by Crippen LogP contribution is 2.64. The number of para-hydroxylation sites is 2. The van der Waals surface area contributed by atoms with Crippen molar-refractivity contribution in [2.24, 2.45) is 0 Å². The monoisotopic (exact) mass is 740 g/mol. The Labute approximate surface area is 336 Å². The van der Waals surface area contributed by atoms with Crippen molar-refractivity contribution in [2.45, 2.75) is 5.41 Å². The second-order valence-electron chi connectivity index (χ2n) is 14.6. The van der Waals surface area contributed by atoms with Crippen LogP contribution in [0, 0.1) is 11.3 Å². The molecule has 1 aliphatic carbocycles. The Kier molecular flexibility index (Phi) is 7.70. The van der Waals surface area contributed by atoms with Crippen molar-refractivity contribution in [3.8, 4) is 85.1 Å². The molecule has 1 aromatic heterocycles. The Morgan fingerprint density at radius 1 is 0.379 bits per heavy atom. The fourth-order valence-corrected chi connectivity index (χ4v) is 8.90. The fourth-order valence-electron chi connectivity index (χ4n) is 8.90. The molecule has 5 heteroatoms. The van der Waals surface area contributed by atoms with Crippen LogP contribution in [-0.4, -0.2) is 15.0 Å². The van der Waals surface area contributed by atoms with Gasteiger partial charge in [-0.2, -0.15) is 5.26 Å².